The van der Waals surface area contributed by atoms with Crippen molar-refractivity contribution in [1.29, 1.82) is 0 Å². The number of aryl methyl sites for hydroxylation is 1. The molecule has 0 aliphatic heterocycles. The van der Waals surface area contributed by atoms with Crippen LogP contribution in [-0.2, 0) is 5.88 Å². The number of benzene rings is 1. The topological polar surface area (TPSA) is 26.5 Å². The fourth-order valence-corrected chi connectivity index (χ4v) is 3.27. The zero-order chi connectivity index (χ0) is 13.4. The van der Waals surface area contributed by atoms with Gasteiger partial charge in [0, 0.05) is 11.1 Å². The van der Waals surface area contributed by atoms with Gasteiger partial charge in [-0.1, -0.05) is 0 Å². The van der Waals surface area contributed by atoms with Crippen molar-refractivity contribution >= 4 is 27.9 Å². The van der Waals surface area contributed by atoms with Crippen LogP contribution < -0.4 is 4.74 Å². The molecule has 0 aliphatic carbocycles. The molecule has 0 N–H and O–H groups in total. The highest BCUT2D eigenvalue weighted by atomic mass is 35.5. The molecule has 5 heteroatoms. The second-order valence-electron chi connectivity index (χ2n) is 4.25. The summed E-state index contributed by atoms with van der Waals surface area (Å²) in [6, 6.07) is 8.07. The average molecular weight is 293 g/mol. The number of halogens is 1. The van der Waals surface area contributed by atoms with Crippen molar-refractivity contribution in [2.45, 2.75) is 12.8 Å². The van der Waals surface area contributed by atoms with Gasteiger partial charge >= 0.3 is 0 Å². The smallest absolute Gasteiger partial charge is 0.194 e. The lowest BCUT2D eigenvalue weighted by Gasteiger charge is -2.04. The molecule has 0 saturated carbocycles. The highest BCUT2D eigenvalue weighted by Gasteiger charge is 2.13. The standard InChI is InChI=1S/C14H13ClN2OS/c1-9-13(10-3-5-12(18-2)6-4-10)17-8-11(7-15)16-14(17)19-9/h3-6,8H,7H2,1-2H3. The zero-order valence-corrected chi connectivity index (χ0v) is 12.3. The Morgan fingerprint density at radius 1 is 1.32 bits per heavy atom. The summed E-state index contributed by atoms with van der Waals surface area (Å²) in [5.74, 6) is 1.30. The number of hydrogen-bond donors (Lipinski definition) is 0. The van der Waals surface area contributed by atoms with Gasteiger partial charge in [0.05, 0.1) is 24.4 Å². The second kappa shape index (κ2) is 4.87. The van der Waals surface area contributed by atoms with Gasteiger partial charge in [0.1, 0.15) is 5.75 Å². The maximum atomic E-state index is 5.85. The monoisotopic (exact) mass is 292 g/mol. The minimum Gasteiger partial charge on any atom is -0.497 e. The summed E-state index contributed by atoms with van der Waals surface area (Å²) in [7, 11) is 1.67. The molecule has 2 heterocycles. The lowest BCUT2D eigenvalue weighted by molar-refractivity contribution is 0.415. The molecule has 3 rings (SSSR count). The number of fused-ring (bicyclic) bond motifs is 1. The molecule has 0 spiro atoms. The molecule has 0 amide bonds. The van der Waals surface area contributed by atoms with Crippen LogP contribution in [0.3, 0.4) is 0 Å². The van der Waals surface area contributed by atoms with Gasteiger partial charge in [-0.3, -0.25) is 4.40 Å². The Labute approximate surface area is 120 Å². The quantitative estimate of drug-likeness (QED) is 0.679. The Bertz CT molecular complexity index is 715. The van der Waals surface area contributed by atoms with Crippen molar-refractivity contribution in [3.8, 4) is 17.0 Å². The normalized spacial score (nSPS) is 11.1. The lowest BCUT2D eigenvalue weighted by atomic mass is 10.1. The molecule has 0 aliphatic rings. The first-order valence-corrected chi connectivity index (χ1v) is 7.26. The van der Waals surface area contributed by atoms with E-state index in [1.807, 2.05) is 18.3 Å². The number of methoxy groups -OCH3 is 1. The number of thiazole rings is 1. The van der Waals surface area contributed by atoms with Gasteiger partial charge in [-0.2, -0.15) is 0 Å². The molecule has 0 atom stereocenters. The van der Waals surface area contributed by atoms with E-state index in [0.717, 1.165) is 22.0 Å². The van der Waals surface area contributed by atoms with Gasteiger partial charge < -0.3 is 4.74 Å². The van der Waals surface area contributed by atoms with Gasteiger partial charge in [-0.25, -0.2) is 4.98 Å². The predicted molar refractivity (Wildman–Crippen MR) is 79.4 cm³/mol. The molecule has 0 radical (unpaired) electrons. The van der Waals surface area contributed by atoms with Gasteiger partial charge in [-0.15, -0.1) is 22.9 Å². The fraction of sp³-hybridized carbons (Fsp3) is 0.214. The summed E-state index contributed by atoms with van der Waals surface area (Å²) in [6.45, 7) is 2.11. The zero-order valence-electron chi connectivity index (χ0n) is 10.7. The number of ether oxygens (including phenoxy) is 1. The molecule has 0 fully saturated rings. The van der Waals surface area contributed by atoms with Gasteiger partial charge in [0.15, 0.2) is 4.96 Å². The van der Waals surface area contributed by atoms with E-state index in [9.17, 15) is 0 Å². The Morgan fingerprint density at radius 2 is 2.05 bits per heavy atom. The fourth-order valence-electron chi connectivity index (χ4n) is 2.15. The summed E-state index contributed by atoms with van der Waals surface area (Å²) in [6.07, 6.45) is 2.01. The Hall–Kier alpha value is -1.52. The molecule has 3 nitrogen and oxygen atoms in total. The van der Waals surface area contributed by atoms with Crippen LogP contribution in [0.4, 0.5) is 0 Å². The van der Waals surface area contributed by atoms with E-state index in [1.54, 1.807) is 18.4 Å². The van der Waals surface area contributed by atoms with Crippen LogP contribution in [0.1, 0.15) is 10.6 Å². The number of aromatic nitrogens is 2. The number of rotatable bonds is 3. The Kier molecular flexibility index (Phi) is 3.21. The van der Waals surface area contributed by atoms with Crippen molar-refractivity contribution in [3.05, 3.63) is 41.0 Å². The van der Waals surface area contributed by atoms with E-state index in [-0.39, 0.29) is 0 Å². The SMILES string of the molecule is COc1ccc(-c2c(C)sc3nc(CCl)cn23)cc1. The average Bonchev–Trinajstić information content (AvgIpc) is 2.95. The Morgan fingerprint density at radius 3 is 2.68 bits per heavy atom. The molecular formula is C14H13ClN2OS. The number of hydrogen-bond acceptors (Lipinski definition) is 3. The first-order valence-electron chi connectivity index (χ1n) is 5.90. The molecule has 1 aromatic carbocycles. The lowest BCUT2D eigenvalue weighted by Crippen LogP contribution is -1.87. The van der Waals surface area contributed by atoms with Gasteiger partial charge in [-0.05, 0) is 36.8 Å². The minimum atomic E-state index is 0.440. The third-order valence-electron chi connectivity index (χ3n) is 3.04. The van der Waals surface area contributed by atoms with E-state index < -0.39 is 0 Å². The molecule has 3 aromatic rings. The maximum Gasteiger partial charge on any atom is 0.194 e. The molecule has 0 saturated heterocycles. The number of imidazole rings is 1. The van der Waals surface area contributed by atoms with Crippen LogP contribution in [0, 0.1) is 6.92 Å². The van der Waals surface area contributed by atoms with Crippen LogP contribution in [0.5, 0.6) is 5.75 Å². The molecule has 0 bridgehead atoms. The number of alkyl halides is 1. The van der Waals surface area contributed by atoms with Crippen LogP contribution in [0.15, 0.2) is 30.5 Å². The maximum absolute atomic E-state index is 5.85. The van der Waals surface area contributed by atoms with E-state index in [0.29, 0.717) is 5.88 Å². The second-order valence-corrected chi connectivity index (χ2v) is 5.70. The predicted octanol–water partition coefficient (Wildman–Crippen LogP) is 4.12. The molecular weight excluding hydrogens is 280 g/mol. The van der Waals surface area contributed by atoms with Crippen molar-refractivity contribution in [2.24, 2.45) is 0 Å². The first-order chi connectivity index (χ1) is 9.22. The van der Waals surface area contributed by atoms with E-state index >= 15 is 0 Å². The van der Waals surface area contributed by atoms with Gasteiger partial charge in [0.25, 0.3) is 0 Å². The van der Waals surface area contributed by atoms with Crippen LogP contribution >= 0.6 is 22.9 Å². The van der Waals surface area contributed by atoms with Crippen LogP contribution in [0.25, 0.3) is 16.2 Å². The highest BCUT2D eigenvalue weighted by molar-refractivity contribution is 7.17. The molecule has 19 heavy (non-hydrogen) atoms. The minimum absolute atomic E-state index is 0.440. The van der Waals surface area contributed by atoms with E-state index in [2.05, 4.69) is 28.4 Å². The van der Waals surface area contributed by atoms with Crippen molar-refractivity contribution in [3.63, 3.8) is 0 Å². The summed E-state index contributed by atoms with van der Waals surface area (Å²) in [4.78, 5) is 6.73. The van der Waals surface area contributed by atoms with Crippen LogP contribution in [0.2, 0.25) is 0 Å². The molecule has 0 unspecified atom stereocenters. The van der Waals surface area contributed by atoms with Gasteiger partial charge in [0.2, 0.25) is 0 Å². The summed E-state index contributed by atoms with van der Waals surface area (Å²) in [5.41, 5.74) is 3.23. The number of nitrogens with zero attached hydrogens (tertiary/aromatic N) is 2. The molecule has 2 aromatic heterocycles. The Balaban J connectivity index is 2.16. The summed E-state index contributed by atoms with van der Waals surface area (Å²) < 4.78 is 7.30. The van der Waals surface area contributed by atoms with E-state index in [4.69, 9.17) is 16.3 Å². The third-order valence-corrected chi connectivity index (χ3v) is 4.29. The molecule has 98 valence electrons. The van der Waals surface area contributed by atoms with Crippen molar-refractivity contribution in [2.75, 3.05) is 7.11 Å². The first kappa shape index (κ1) is 12.5. The van der Waals surface area contributed by atoms with Crippen molar-refractivity contribution < 1.29 is 4.74 Å². The van der Waals surface area contributed by atoms with Crippen LogP contribution in [-0.4, -0.2) is 16.5 Å². The van der Waals surface area contributed by atoms with Crippen molar-refractivity contribution in [1.82, 2.24) is 9.38 Å². The highest BCUT2D eigenvalue weighted by Crippen LogP contribution is 2.32. The summed E-state index contributed by atoms with van der Waals surface area (Å²) >= 11 is 7.53. The largest absolute Gasteiger partial charge is 0.497 e. The summed E-state index contributed by atoms with van der Waals surface area (Å²) in [5, 5.41) is 0. The third kappa shape index (κ3) is 2.11. The van der Waals surface area contributed by atoms with E-state index in [1.165, 1.54) is 10.6 Å².